The molecular formula is C21H28N2O3S2. The first-order chi connectivity index (χ1) is 13.5. The number of sulfonamides is 1. The van der Waals surface area contributed by atoms with Crippen LogP contribution < -0.4 is 0 Å². The zero-order chi connectivity index (χ0) is 20.0. The Morgan fingerprint density at radius 3 is 2.50 bits per heavy atom. The molecule has 2 heterocycles. The number of amides is 1. The van der Waals surface area contributed by atoms with E-state index in [1.807, 2.05) is 11.0 Å². The van der Waals surface area contributed by atoms with Crippen molar-refractivity contribution in [3.8, 4) is 0 Å². The Balaban J connectivity index is 1.39. The molecule has 28 heavy (non-hydrogen) atoms. The van der Waals surface area contributed by atoms with Gasteiger partial charge in [0.1, 0.15) is 4.21 Å². The number of thiophene rings is 1. The van der Waals surface area contributed by atoms with E-state index >= 15 is 0 Å². The summed E-state index contributed by atoms with van der Waals surface area (Å²) in [5, 5.41) is 1.76. The van der Waals surface area contributed by atoms with Crippen LogP contribution in [0.1, 0.15) is 31.2 Å². The Kier molecular flexibility index (Phi) is 7.26. The molecule has 1 saturated heterocycles. The number of rotatable bonds is 8. The lowest BCUT2D eigenvalue weighted by atomic mass is 9.90. The zero-order valence-corrected chi connectivity index (χ0v) is 17.9. The van der Waals surface area contributed by atoms with Gasteiger partial charge in [0, 0.05) is 33.1 Å². The molecule has 1 aromatic heterocycles. The van der Waals surface area contributed by atoms with Crippen molar-refractivity contribution in [3.63, 3.8) is 0 Å². The maximum atomic E-state index is 12.5. The molecule has 0 spiro atoms. The minimum Gasteiger partial charge on any atom is -0.343 e. The summed E-state index contributed by atoms with van der Waals surface area (Å²) < 4.78 is 26.5. The fourth-order valence-corrected chi connectivity index (χ4v) is 6.04. The second-order valence-electron chi connectivity index (χ2n) is 7.38. The monoisotopic (exact) mass is 420 g/mol. The second-order valence-corrected chi connectivity index (χ2v) is 10.6. The Morgan fingerprint density at radius 2 is 1.86 bits per heavy atom. The quantitative estimate of drug-likeness (QED) is 0.655. The second kappa shape index (κ2) is 9.67. The maximum absolute atomic E-state index is 12.5. The number of carbonyl (C=O) groups is 1. The molecule has 2 aromatic rings. The largest absolute Gasteiger partial charge is 0.343 e. The summed E-state index contributed by atoms with van der Waals surface area (Å²) in [7, 11) is -1.85. The van der Waals surface area contributed by atoms with Crippen LogP contribution in [-0.4, -0.2) is 50.2 Å². The summed E-state index contributed by atoms with van der Waals surface area (Å²) in [4.78, 5) is 14.4. The summed E-state index contributed by atoms with van der Waals surface area (Å²) in [6.45, 7) is 1.97. The van der Waals surface area contributed by atoms with E-state index in [0.29, 0.717) is 29.5 Å². The van der Waals surface area contributed by atoms with Crippen molar-refractivity contribution in [2.45, 2.75) is 36.3 Å². The fraction of sp³-hybridized carbons (Fsp3) is 0.476. The van der Waals surface area contributed by atoms with E-state index in [-0.39, 0.29) is 5.91 Å². The van der Waals surface area contributed by atoms with Crippen molar-refractivity contribution in [2.24, 2.45) is 5.92 Å². The maximum Gasteiger partial charge on any atom is 0.252 e. The van der Waals surface area contributed by atoms with E-state index in [4.69, 9.17) is 0 Å². The molecule has 0 aliphatic carbocycles. The molecular weight excluding hydrogens is 392 g/mol. The van der Waals surface area contributed by atoms with Crippen LogP contribution >= 0.6 is 11.3 Å². The third-order valence-corrected chi connectivity index (χ3v) is 8.59. The highest BCUT2D eigenvalue weighted by atomic mass is 32.2. The Hall–Kier alpha value is -1.70. The van der Waals surface area contributed by atoms with Crippen molar-refractivity contribution < 1.29 is 13.2 Å². The zero-order valence-electron chi connectivity index (χ0n) is 16.3. The van der Waals surface area contributed by atoms with Gasteiger partial charge in [0.15, 0.2) is 0 Å². The van der Waals surface area contributed by atoms with Crippen LogP contribution in [0.15, 0.2) is 52.1 Å². The first kappa shape index (κ1) is 21.0. The molecule has 1 aliphatic rings. The van der Waals surface area contributed by atoms with Crippen LogP contribution in [0.5, 0.6) is 0 Å². The highest BCUT2D eigenvalue weighted by Crippen LogP contribution is 2.23. The Bertz CT molecular complexity index is 843. The van der Waals surface area contributed by atoms with Gasteiger partial charge < -0.3 is 4.90 Å². The van der Waals surface area contributed by atoms with Crippen LogP contribution in [0.25, 0.3) is 0 Å². The molecule has 0 N–H and O–H groups in total. The minimum absolute atomic E-state index is 0.139. The van der Waals surface area contributed by atoms with Crippen molar-refractivity contribution in [3.05, 3.63) is 53.4 Å². The molecule has 1 aromatic carbocycles. The van der Waals surface area contributed by atoms with Crippen molar-refractivity contribution in [1.29, 1.82) is 0 Å². The van der Waals surface area contributed by atoms with E-state index in [2.05, 4.69) is 24.3 Å². The van der Waals surface area contributed by atoms with Crippen LogP contribution in [0, 0.1) is 5.92 Å². The molecule has 7 heteroatoms. The highest BCUT2D eigenvalue weighted by molar-refractivity contribution is 7.91. The van der Waals surface area contributed by atoms with E-state index in [9.17, 15) is 13.2 Å². The van der Waals surface area contributed by atoms with Gasteiger partial charge >= 0.3 is 0 Å². The molecule has 0 unspecified atom stereocenters. The van der Waals surface area contributed by atoms with Gasteiger partial charge in [-0.15, -0.1) is 11.3 Å². The van der Waals surface area contributed by atoms with E-state index in [1.54, 1.807) is 24.6 Å². The first-order valence-corrected chi connectivity index (χ1v) is 12.1. The highest BCUT2D eigenvalue weighted by Gasteiger charge is 2.24. The molecule has 1 aliphatic heterocycles. The summed E-state index contributed by atoms with van der Waals surface area (Å²) in [5.41, 5.74) is 1.36. The molecule has 0 bridgehead atoms. The number of nitrogens with zero attached hydrogens (tertiary/aromatic N) is 2. The van der Waals surface area contributed by atoms with Gasteiger partial charge in [-0.05, 0) is 48.6 Å². The molecule has 5 nitrogen and oxygen atoms in total. The normalized spacial score (nSPS) is 15.9. The lowest BCUT2D eigenvalue weighted by Crippen LogP contribution is -2.39. The van der Waals surface area contributed by atoms with Crippen LogP contribution in [0.2, 0.25) is 0 Å². The summed E-state index contributed by atoms with van der Waals surface area (Å²) in [6.07, 6.45) is 4.09. The summed E-state index contributed by atoms with van der Waals surface area (Å²) in [6, 6.07) is 13.9. The molecule has 0 saturated carbocycles. The van der Waals surface area contributed by atoms with Gasteiger partial charge in [-0.25, -0.2) is 12.7 Å². The molecule has 3 rings (SSSR count). The number of hydrogen-bond donors (Lipinski definition) is 0. The predicted molar refractivity (Wildman–Crippen MR) is 113 cm³/mol. The fourth-order valence-electron chi connectivity index (χ4n) is 3.63. The van der Waals surface area contributed by atoms with Crippen LogP contribution in [0.4, 0.5) is 0 Å². The van der Waals surface area contributed by atoms with Gasteiger partial charge in [0.05, 0.1) is 0 Å². The minimum atomic E-state index is -3.43. The number of benzene rings is 1. The summed E-state index contributed by atoms with van der Waals surface area (Å²) in [5.74, 6) is 0.772. The summed E-state index contributed by atoms with van der Waals surface area (Å²) >= 11 is 1.22. The van der Waals surface area contributed by atoms with Crippen molar-refractivity contribution in [2.75, 3.05) is 26.7 Å². The van der Waals surface area contributed by atoms with Crippen LogP contribution in [0.3, 0.4) is 0 Å². The predicted octanol–water partition coefficient (Wildman–Crippen LogP) is 3.63. The lowest BCUT2D eigenvalue weighted by Gasteiger charge is -2.32. The number of hydrogen-bond acceptors (Lipinski definition) is 4. The third-order valence-electron chi connectivity index (χ3n) is 5.36. The first-order valence-electron chi connectivity index (χ1n) is 9.78. The van der Waals surface area contributed by atoms with Crippen molar-refractivity contribution >= 4 is 27.3 Å². The smallest absolute Gasteiger partial charge is 0.252 e. The number of likely N-dealkylation sites (tertiary alicyclic amines) is 1. The molecule has 152 valence electrons. The standard InChI is InChI=1S/C21H28N2O3S2/c1-22(28(25,26)21-10-6-16-27-21)13-5-9-20(24)23-14-11-19(12-15-23)17-18-7-3-2-4-8-18/h2-4,6-8,10,16,19H,5,9,11-15,17H2,1H3. The molecule has 0 atom stereocenters. The molecule has 1 amide bonds. The van der Waals surface area contributed by atoms with Crippen LogP contribution in [-0.2, 0) is 21.2 Å². The molecule has 1 fully saturated rings. The Morgan fingerprint density at radius 1 is 1.14 bits per heavy atom. The average molecular weight is 421 g/mol. The SMILES string of the molecule is CN(CCCC(=O)N1CCC(Cc2ccccc2)CC1)S(=O)(=O)c1cccs1. The lowest BCUT2D eigenvalue weighted by molar-refractivity contribution is -0.132. The average Bonchev–Trinajstić information content (AvgIpc) is 3.25. The Labute approximate surface area is 172 Å². The van der Waals surface area contributed by atoms with E-state index < -0.39 is 10.0 Å². The third kappa shape index (κ3) is 5.43. The van der Waals surface area contributed by atoms with Gasteiger partial charge in [-0.1, -0.05) is 36.4 Å². The molecule has 0 radical (unpaired) electrons. The van der Waals surface area contributed by atoms with Crippen molar-refractivity contribution in [1.82, 2.24) is 9.21 Å². The van der Waals surface area contributed by atoms with Gasteiger partial charge in [-0.3, -0.25) is 4.79 Å². The van der Waals surface area contributed by atoms with Gasteiger partial charge in [0.25, 0.3) is 10.0 Å². The topological polar surface area (TPSA) is 57.7 Å². The van der Waals surface area contributed by atoms with E-state index in [1.165, 1.54) is 21.2 Å². The number of piperidine rings is 1. The van der Waals surface area contributed by atoms with Gasteiger partial charge in [-0.2, -0.15) is 0 Å². The van der Waals surface area contributed by atoms with Gasteiger partial charge in [0.2, 0.25) is 5.91 Å². The van der Waals surface area contributed by atoms with E-state index in [0.717, 1.165) is 32.4 Å². The number of carbonyl (C=O) groups excluding carboxylic acids is 1.